The van der Waals surface area contributed by atoms with E-state index in [0.29, 0.717) is 11.8 Å². The molecule has 0 aliphatic heterocycles. The van der Waals surface area contributed by atoms with Crippen LogP contribution in [0.15, 0.2) is 17.6 Å². The number of aromatic nitrogens is 2. The maximum absolute atomic E-state index is 5.44. The molecule has 0 radical (unpaired) electrons. The zero-order valence-corrected chi connectivity index (χ0v) is 8.84. The number of hydrogen-bond acceptors (Lipinski definition) is 4. The second kappa shape index (κ2) is 5.19. The van der Waals surface area contributed by atoms with Crippen molar-refractivity contribution >= 4 is 11.8 Å². The Morgan fingerprint density at radius 3 is 2.54 bits per heavy atom. The van der Waals surface area contributed by atoms with E-state index in [1.54, 1.807) is 24.2 Å². The van der Waals surface area contributed by atoms with E-state index in [1.807, 2.05) is 0 Å². The van der Waals surface area contributed by atoms with Crippen LogP contribution in [0.3, 0.4) is 0 Å². The van der Waals surface area contributed by atoms with E-state index >= 15 is 0 Å². The molecule has 72 valence electrons. The number of rotatable bonds is 4. The molecule has 1 unspecified atom stereocenters. The number of hydrogen-bond donors (Lipinski definition) is 1. The summed E-state index contributed by atoms with van der Waals surface area (Å²) in [6, 6.07) is 0. The molecule has 0 fully saturated rings. The second-order valence-corrected chi connectivity index (χ2v) is 4.32. The molecule has 3 nitrogen and oxygen atoms in total. The van der Waals surface area contributed by atoms with Crippen molar-refractivity contribution in [3.05, 3.63) is 18.0 Å². The molecule has 0 aromatic carbocycles. The number of thioether (sulfide) groups is 1. The summed E-state index contributed by atoms with van der Waals surface area (Å²) in [5.74, 6) is 0. The van der Waals surface area contributed by atoms with Gasteiger partial charge in [-0.25, -0.2) is 9.97 Å². The average Bonchev–Trinajstić information content (AvgIpc) is 2.19. The molecule has 13 heavy (non-hydrogen) atoms. The molecule has 1 heterocycles. The molecule has 0 aliphatic carbocycles. The van der Waals surface area contributed by atoms with E-state index in [0.717, 1.165) is 17.1 Å². The molecule has 1 aromatic heterocycles. The fourth-order valence-electron chi connectivity index (χ4n) is 0.772. The molecule has 1 rings (SSSR count). The minimum absolute atomic E-state index is 0.508. The van der Waals surface area contributed by atoms with Gasteiger partial charge in [0.25, 0.3) is 0 Å². The Balaban J connectivity index is 2.58. The van der Waals surface area contributed by atoms with Crippen LogP contribution >= 0.6 is 11.8 Å². The summed E-state index contributed by atoms with van der Waals surface area (Å²) in [5, 5.41) is 1.41. The Morgan fingerprint density at radius 1 is 1.46 bits per heavy atom. The van der Waals surface area contributed by atoms with Gasteiger partial charge in [-0.15, -0.1) is 0 Å². The quantitative estimate of drug-likeness (QED) is 0.591. The minimum atomic E-state index is 0.508. The summed E-state index contributed by atoms with van der Waals surface area (Å²) in [6.07, 6.45) is 4.71. The van der Waals surface area contributed by atoms with E-state index < -0.39 is 0 Å². The first-order valence-electron chi connectivity index (χ1n) is 4.44. The van der Waals surface area contributed by atoms with Crippen molar-refractivity contribution < 1.29 is 0 Å². The van der Waals surface area contributed by atoms with Gasteiger partial charge in [-0.05, 0) is 6.42 Å². The van der Waals surface area contributed by atoms with Crippen LogP contribution in [0.2, 0.25) is 0 Å². The van der Waals surface area contributed by atoms with E-state index in [1.165, 1.54) is 0 Å². The van der Waals surface area contributed by atoms with Gasteiger partial charge in [-0.2, -0.15) is 0 Å². The molecule has 2 N–H and O–H groups in total. The Kier molecular flexibility index (Phi) is 4.18. The van der Waals surface area contributed by atoms with Gasteiger partial charge in [0.05, 0.1) is 0 Å². The Hall–Kier alpha value is -0.610. The lowest BCUT2D eigenvalue weighted by Crippen LogP contribution is -2.00. The van der Waals surface area contributed by atoms with Gasteiger partial charge in [0, 0.05) is 29.8 Å². The van der Waals surface area contributed by atoms with E-state index in [4.69, 9.17) is 5.73 Å². The molecule has 0 spiro atoms. The highest BCUT2D eigenvalue weighted by molar-refractivity contribution is 7.99. The van der Waals surface area contributed by atoms with Crippen LogP contribution in [-0.4, -0.2) is 15.2 Å². The van der Waals surface area contributed by atoms with Crippen LogP contribution < -0.4 is 5.73 Å². The van der Waals surface area contributed by atoms with Crippen molar-refractivity contribution in [1.29, 1.82) is 0 Å². The lowest BCUT2D eigenvalue weighted by Gasteiger charge is -2.05. The van der Waals surface area contributed by atoms with Gasteiger partial charge in [-0.1, -0.05) is 25.6 Å². The molecule has 1 atom stereocenters. The van der Waals surface area contributed by atoms with E-state index in [-0.39, 0.29) is 0 Å². The maximum Gasteiger partial charge on any atom is 0.187 e. The van der Waals surface area contributed by atoms with Crippen molar-refractivity contribution in [2.24, 2.45) is 5.73 Å². The maximum atomic E-state index is 5.44. The SMILES string of the molecule is CCC(C)Sc1ncc(CN)cn1. The lowest BCUT2D eigenvalue weighted by molar-refractivity contribution is 0.873. The van der Waals surface area contributed by atoms with E-state index in [9.17, 15) is 0 Å². The zero-order valence-electron chi connectivity index (χ0n) is 8.03. The smallest absolute Gasteiger partial charge is 0.187 e. The first-order chi connectivity index (χ1) is 6.26. The number of nitrogens with zero attached hydrogens (tertiary/aromatic N) is 2. The third kappa shape index (κ3) is 3.32. The summed E-state index contributed by atoms with van der Waals surface area (Å²) >= 11 is 1.70. The molecule has 0 saturated heterocycles. The molecule has 1 aromatic rings. The second-order valence-electron chi connectivity index (χ2n) is 2.91. The Labute approximate surface area is 83.2 Å². The third-order valence-corrected chi connectivity index (χ3v) is 2.96. The monoisotopic (exact) mass is 197 g/mol. The predicted molar refractivity (Wildman–Crippen MR) is 55.5 cm³/mol. The highest BCUT2D eigenvalue weighted by Gasteiger charge is 2.03. The summed E-state index contributed by atoms with van der Waals surface area (Å²) in [7, 11) is 0. The van der Waals surface area contributed by atoms with Gasteiger partial charge < -0.3 is 5.73 Å². The largest absolute Gasteiger partial charge is 0.326 e. The van der Waals surface area contributed by atoms with Gasteiger partial charge in [-0.3, -0.25) is 0 Å². The molecular weight excluding hydrogens is 182 g/mol. The Bertz CT molecular complexity index is 248. The highest BCUT2D eigenvalue weighted by Crippen LogP contribution is 2.20. The highest BCUT2D eigenvalue weighted by atomic mass is 32.2. The van der Waals surface area contributed by atoms with Gasteiger partial charge in [0.15, 0.2) is 5.16 Å². The van der Waals surface area contributed by atoms with Crippen LogP contribution in [-0.2, 0) is 6.54 Å². The van der Waals surface area contributed by atoms with Crippen molar-refractivity contribution in [2.75, 3.05) is 0 Å². The average molecular weight is 197 g/mol. The van der Waals surface area contributed by atoms with Gasteiger partial charge in [0.1, 0.15) is 0 Å². The van der Waals surface area contributed by atoms with Crippen LogP contribution in [0.25, 0.3) is 0 Å². The summed E-state index contributed by atoms with van der Waals surface area (Å²) in [6.45, 7) is 4.84. The van der Waals surface area contributed by atoms with E-state index in [2.05, 4.69) is 23.8 Å². The first-order valence-corrected chi connectivity index (χ1v) is 5.31. The Morgan fingerprint density at radius 2 is 2.08 bits per heavy atom. The fraction of sp³-hybridized carbons (Fsp3) is 0.556. The van der Waals surface area contributed by atoms with Crippen LogP contribution in [0.4, 0.5) is 0 Å². The topological polar surface area (TPSA) is 51.8 Å². The van der Waals surface area contributed by atoms with Crippen molar-refractivity contribution in [3.63, 3.8) is 0 Å². The van der Waals surface area contributed by atoms with Crippen molar-refractivity contribution in [3.8, 4) is 0 Å². The molecule has 4 heteroatoms. The molecule has 0 aliphatic rings. The molecule has 0 amide bonds. The van der Waals surface area contributed by atoms with Crippen molar-refractivity contribution in [2.45, 2.75) is 37.2 Å². The lowest BCUT2D eigenvalue weighted by atomic mass is 10.4. The van der Waals surface area contributed by atoms with Crippen molar-refractivity contribution in [1.82, 2.24) is 9.97 Å². The molecule has 0 bridgehead atoms. The van der Waals surface area contributed by atoms with Gasteiger partial charge >= 0.3 is 0 Å². The fourth-order valence-corrected chi connectivity index (χ4v) is 1.53. The number of nitrogens with two attached hydrogens (primary N) is 1. The summed E-state index contributed by atoms with van der Waals surface area (Å²) in [4.78, 5) is 8.42. The summed E-state index contributed by atoms with van der Waals surface area (Å²) in [5.41, 5.74) is 6.42. The first kappa shape index (κ1) is 10.5. The normalized spacial score (nSPS) is 12.8. The van der Waals surface area contributed by atoms with Gasteiger partial charge in [0.2, 0.25) is 0 Å². The standard InChI is InChI=1S/C9H15N3S/c1-3-7(2)13-9-11-5-8(4-10)6-12-9/h5-7H,3-4,10H2,1-2H3. The molecular formula is C9H15N3S. The van der Waals surface area contributed by atoms with Crippen LogP contribution in [0.5, 0.6) is 0 Å². The van der Waals surface area contributed by atoms with Crippen LogP contribution in [0.1, 0.15) is 25.8 Å². The third-order valence-electron chi connectivity index (χ3n) is 1.80. The summed E-state index contributed by atoms with van der Waals surface area (Å²) < 4.78 is 0. The predicted octanol–water partition coefficient (Wildman–Crippen LogP) is 1.83. The zero-order chi connectivity index (χ0) is 9.68. The molecule has 0 saturated carbocycles. The van der Waals surface area contributed by atoms with Crippen LogP contribution in [0, 0.1) is 0 Å². The minimum Gasteiger partial charge on any atom is -0.326 e.